The smallest absolute Gasteiger partial charge is 0.231 e. The molecule has 0 aromatic rings. The van der Waals surface area contributed by atoms with Crippen LogP contribution in [-0.2, 0) is 4.79 Å². The predicted molar refractivity (Wildman–Crippen MR) is 54.7 cm³/mol. The van der Waals surface area contributed by atoms with Gasteiger partial charge in [-0.15, -0.1) is 0 Å². The quantitative estimate of drug-likeness (QED) is 0.565. The van der Waals surface area contributed by atoms with Gasteiger partial charge in [-0.2, -0.15) is 0 Å². The Kier molecular flexibility index (Phi) is 4.35. The molecule has 0 radical (unpaired) electrons. The van der Waals surface area contributed by atoms with Crippen LogP contribution in [0.2, 0.25) is 0 Å². The predicted octanol–water partition coefficient (Wildman–Crippen LogP) is 0.147. The molecule has 4 N–H and O–H groups in total. The van der Waals surface area contributed by atoms with Gasteiger partial charge in [0.1, 0.15) is 0 Å². The fraction of sp³-hybridized carbons (Fsp3) is 0.900. The highest BCUT2D eigenvalue weighted by molar-refractivity contribution is 5.75. The Balaban J connectivity index is 2.27. The van der Waals surface area contributed by atoms with Gasteiger partial charge in [-0.05, 0) is 12.8 Å². The molecule has 1 saturated carbocycles. The molecule has 4 heteroatoms. The first-order valence-electron chi connectivity index (χ1n) is 5.34. The second-order valence-corrected chi connectivity index (χ2v) is 4.21. The van der Waals surface area contributed by atoms with Crippen LogP contribution in [0.5, 0.6) is 0 Å². The van der Waals surface area contributed by atoms with Crippen molar-refractivity contribution in [3.8, 4) is 0 Å². The normalized spacial score (nSPS) is 21.5. The van der Waals surface area contributed by atoms with Crippen molar-refractivity contribution in [3.05, 3.63) is 0 Å². The molecule has 0 unspecified atom stereocenters. The second kappa shape index (κ2) is 5.32. The summed E-state index contributed by atoms with van der Waals surface area (Å²) >= 11 is 0. The van der Waals surface area contributed by atoms with Gasteiger partial charge >= 0.3 is 0 Å². The SMILES string of the molecule is NC(=O)CNCC1(O)CCCCCC1. The molecule has 0 atom stereocenters. The van der Waals surface area contributed by atoms with Gasteiger partial charge in [-0.25, -0.2) is 0 Å². The van der Waals surface area contributed by atoms with Gasteiger partial charge in [0.05, 0.1) is 12.1 Å². The number of carbonyl (C=O) groups excluding carboxylic acids is 1. The Hall–Kier alpha value is -0.610. The van der Waals surface area contributed by atoms with Crippen LogP contribution >= 0.6 is 0 Å². The molecule has 4 nitrogen and oxygen atoms in total. The number of hydrogen-bond acceptors (Lipinski definition) is 3. The van der Waals surface area contributed by atoms with E-state index in [1.807, 2.05) is 0 Å². The van der Waals surface area contributed by atoms with Gasteiger partial charge in [0, 0.05) is 6.54 Å². The lowest BCUT2D eigenvalue weighted by Gasteiger charge is -2.26. The number of rotatable bonds is 4. The Morgan fingerprint density at radius 1 is 1.29 bits per heavy atom. The number of aliphatic hydroxyl groups is 1. The van der Waals surface area contributed by atoms with Crippen LogP contribution in [0.4, 0.5) is 0 Å². The molecular formula is C10H20N2O2. The van der Waals surface area contributed by atoms with Gasteiger partial charge in [0.2, 0.25) is 5.91 Å². The largest absolute Gasteiger partial charge is 0.389 e. The minimum absolute atomic E-state index is 0.155. The fourth-order valence-corrected chi connectivity index (χ4v) is 1.98. The minimum Gasteiger partial charge on any atom is -0.389 e. The van der Waals surface area contributed by atoms with Crippen molar-refractivity contribution < 1.29 is 9.90 Å². The highest BCUT2D eigenvalue weighted by atomic mass is 16.3. The molecule has 1 fully saturated rings. The maximum Gasteiger partial charge on any atom is 0.231 e. The van der Waals surface area contributed by atoms with Gasteiger partial charge in [0.25, 0.3) is 0 Å². The number of nitrogens with two attached hydrogens (primary N) is 1. The lowest BCUT2D eigenvalue weighted by Crippen LogP contribution is -2.42. The highest BCUT2D eigenvalue weighted by Crippen LogP contribution is 2.26. The minimum atomic E-state index is -0.619. The van der Waals surface area contributed by atoms with E-state index in [1.165, 1.54) is 12.8 Å². The lowest BCUT2D eigenvalue weighted by atomic mass is 9.94. The molecular weight excluding hydrogens is 180 g/mol. The summed E-state index contributed by atoms with van der Waals surface area (Å²) in [6.07, 6.45) is 6.23. The standard InChI is InChI=1S/C10H20N2O2/c11-9(13)7-12-8-10(14)5-3-1-2-4-6-10/h12,14H,1-8H2,(H2,11,13). The van der Waals surface area contributed by atoms with Crippen molar-refractivity contribution in [1.29, 1.82) is 0 Å². The molecule has 0 heterocycles. The first-order chi connectivity index (χ1) is 6.62. The number of hydrogen-bond donors (Lipinski definition) is 3. The van der Waals surface area contributed by atoms with Crippen molar-refractivity contribution in [2.24, 2.45) is 5.73 Å². The summed E-state index contributed by atoms with van der Waals surface area (Å²) in [4.78, 5) is 10.5. The molecule has 1 amide bonds. The van der Waals surface area contributed by atoms with E-state index in [4.69, 9.17) is 5.73 Å². The average Bonchev–Trinajstić information content (AvgIpc) is 2.30. The van der Waals surface area contributed by atoms with Crippen LogP contribution in [0, 0.1) is 0 Å². The van der Waals surface area contributed by atoms with E-state index in [2.05, 4.69) is 5.32 Å². The zero-order valence-electron chi connectivity index (χ0n) is 8.59. The van der Waals surface area contributed by atoms with Crippen molar-refractivity contribution >= 4 is 5.91 Å². The third kappa shape index (κ3) is 4.07. The average molecular weight is 200 g/mol. The first-order valence-corrected chi connectivity index (χ1v) is 5.34. The molecule has 14 heavy (non-hydrogen) atoms. The van der Waals surface area contributed by atoms with Gasteiger partial charge in [-0.1, -0.05) is 25.7 Å². The van der Waals surface area contributed by atoms with Gasteiger partial charge < -0.3 is 16.2 Å². The summed E-state index contributed by atoms with van der Waals surface area (Å²) in [5.74, 6) is -0.373. The summed E-state index contributed by atoms with van der Waals surface area (Å²) in [5, 5.41) is 13.0. The molecule has 1 aliphatic carbocycles. The fourth-order valence-electron chi connectivity index (χ4n) is 1.98. The molecule has 0 saturated heterocycles. The maximum atomic E-state index is 10.5. The monoisotopic (exact) mass is 200 g/mol. The number of amides is 1. The third-order valence-electron chi connectivity index (χ3n) is 2.79. The molecule has 0 bridgehead atoms. The van der Waals surface area contributed by atoms with Crippen LogP contribution < -0.4 is 11.1 Å². The van der Waals surface area contributed by atoms with E-state index in [9.17, 15) is 9.90 Å². The Morgan fingerprint density at radius 2 is 1.86 bits per heavy atom. The molecule has 82 valence electrons. The molecule has 0 aromatic heterocycles. The topological polar surface area (TPSA) is 75.4 Å². The van der Waals surface area contributed by atoms with Crippen LogP contribution in [0.25, 0.3) is 0 Å². The highest BCUT2D eigenvalue weighted by Gasteiger charge is 2.27. The Bertz CT molecular complexity index is 187. The van der Waals surface area contributed by atoms with Crippen LogP contribution in [0.1, 0.15) is 38.5 Å². The summed E-state index contributed by atoms with van der Waals surface area (Å²) in [7, 11) is 0. The van der Waals surface area contributed by atoms with Crippen LogP contribution in [-0.4, -0.2) is 29.7 Å². The first kappa shape index (κ1) is 11.5. The van der Waals surface area contributed by atoms with Crippen LogP contribution in [0.3, 0.4) is 0 Å². The third-order valence-corrected chi connectivity index (χ3v) is 2.79. The number of nitrogens with one attached hydrogen (secondary N) is 1. The van der Waals surface area contributed by atoms with Crippen molar-refractivity contribution in [2.75, 3.05) is 13.1 Å². The zero-order chi connectivity index (χ0) is 10.4. The molecule has 0 spiro atoms. The lowest BCUT2D eigenvalue weighted by molar-refractivity contribution is -0.117. The summed E-state index contributed by atoms with van der Waals surface area (Å²) in [5.41, 5.74) is 4.38. The summed E-state index contributed by atoms with van der Waals surface area (Å²) < 4.78 is 0. The van der Waals surface area contributed by atoms with Crippen molar-refractivity contribution in [2.45, 2.75) is 44.1 Å². The van der Waals surface area contributed by atoms with Crippen molar-refractivity contribution in [3.63, 3.8) is 0 Å². The Labute approximate surface area is 84.9 Å². The van der Waals surface area contributed by atoms with Crippen LogP contribution in [0.15, 0.2) is 0 Å². The number of carbonyl (C=O) groups is 1. The summed E-state index contributed by atoms with van der Waals surface area (Å²) in [6, 6.07) is 0. The second-order valence-electron chi connectivity index (χ2n) is 4.21. The molecule has 1 aliphatic rings. The summed E-state index contributed by atoms with van der Waals surface area (Å²) in [6.45, 7) is 0.637. The number of primary amides is 1. The Morgan fingerprint density at radius 3 is 2.36 bits per heavy atom. The van der Waals surface area contributed by atoms with Gasteiger partial charge in [0.15, 0.2) is 0 Å². The van der Waals surface area contributed by atoms with E-state index < -0.39 is 5.60 Å². The van der Waals surface area contributed by atoms with E-state index in [0.29, 0.717) is 6.54 Å². The zero-order valence-corrected chi connectivity index (χ0v) is 8.59. The van der Waals surface area contributed by atoms with E-state index in [-0.39, 0.29) is 12.5 Å². The molecule has 0 aliphatic heterocycles. The molecule has 0 aromatic carbocycles. The van der Waals surface area contributed by atoms with E-state index in [0.717, 1.165) is 25.7 Å². The van der Waals surface area contributed by atoms with Crippen molar-refractivity contribution in [1.82, 2.24) is 5.32 Å². The van der Waals surface area contributed by atoms with Gasteiger partial charge in [-0.3, -0.25) is 4.79 Å². The molecule has 1 rings (SSSR count). The maximum absolute atomic E-state index is 10.5. The van der Waals surface area contributed by atoms with E-state index in [1.54, 1.807) is 0 Å². The van der Waals surface area contributed by atoms with E-state index >= 15 is 0 Å².